The lowest BCUT2D eigenvalue weighted by molar-refractivity contribution is -0.116. The summed E-state index contributed by atoms with van der Waals surface area (Å²) in [6.07, 6.45) is 5.15. The normalized spacial score (nSPS) is 10.3. The van der Waals surface area contributed by atoms with Gasteiger partial charge in [-0.15, -0.1) is 0 Å². The van der Waals surface area contributed by atoms with Crippen molar-refractivity contribution in [1.29, 1.82) is 0 Å². The molecule has 0 aliphatic rings. The average molecular weight is 298 g/mol. The van der Waals surface area contributed by atoms with E-state index in [-0.39, 0.29) is 5.91 Å². The van der Waals surface area contributed by atoms with Crippen LogP contribution in [0, 0.1) is 6.92 Å². The number of rotatable bonds is 6. The van der Waals surface area contributed by atoms with Crippen molar-refractivity contribution in [2.24, 2.45) is 0 Å². The Morgan fingerprint density at radius 2 is 2.06 bits per heavy atom. The molecule has 17 heavy (non-hydrogen) atoms. The van der Waals surface area contributed by atoms with E-state index in [9.17, 15) is 4.79 Å². The summed E-state index contributed by atoms with van der Waals surface area (Å²) in [5, 5.41) is 2.92. The van der Waals surface area contributed by atoms with Crippen LogP contribution in [0.1, 0.15) is 44.6 Å². The number of halogens is 1. The molecule has 1 aromatic rings. The van der Waals surface area contributed by atoms with E-state index in [1.807, 2.05) is 25.1 Å². The fraction of sp³-hybridized carbons (Fsp3) is 0.500. The standard InChI is InChI=1S/C14H20BrNO/c1-3-4-5-6-7-14(17)16-12-9-8-11(2)13(15)10-12/h8-10H,3-7H2,1-2H3,(H,16,17). The van der Waals surface area contributed by atoms with Crippen LogP contribution in [0.4, 0.5) is 5.69 Å². The SMILES string of the molecule is CCCCCCC(=O)Nc1ccc(C)c(Br)c1. The Labute approximate surface area is 112 Å². The van der Waals surface area contributed by atoms with Crippen LogP contribution in [-0.4, -0.2) is 5.91 Å². The van der Waals surface area contributed by atoms with Gasteiger partial charge in [0.25, 0.3) is 0 Å². The number of nitrogens with one attached hydrogen (secondary N) is 1. The van der Waals surface area contributed by atoms with Gasteiger partial charge < -0.3 is 5.32 Å². The van der Waals surface area contributed by atoms with Crippen molar-refractivity contribution >= 4 is 27.5 Å². The molecule has 1 rings (SSSR count). The molecular weight excluding hydrogens is 278 g/mol. The molecule has 0 aliphatic carbocycles. The Hall–Kier alpha value is -0.830. The molecule has 0 saturated carbocycles. The van der Waals surface area contributed by atoms with E-state index in [0.29, 0.717) is 6.42 Å². The third kappa shape index (κ3) is 5.35. The zero-order chi connectivity index (χ0) is 12.7. The highest BCUT2D eigenvalue weighted by atomic mass is 79.9. The summed E-state index contributed by atoms with van der Waals surface area (Å²) in [7, 11) is 0. The van der Waals surface area contributed by atoms with E-state index in [4.69, 9.17) is 0 Å². The van der Waals surface area contributed by atoms with Gasteiger partial charge in [0.2, 0.25) is 5.91 Å². The molecule has 0 aliphatic heterocycles. The van der Waals surface area contributed by atoms with Gasteiger partial charge in [0.1, 0.15) is 0 Å². The summed E-state index contributed by atoms with van der Waals surface area (Å²) >= 11 is 3.46. The van der Waals surface area contributed by atoms with Gasteiger partial charge in [0.05, 0.1) is 0 Å². The number of hydrogen-bond donors (Lipinski definition) is 1. The molecule has 1 amide bonds. The van der Waals surface area contributed by atoms with Gasteiger partial charge in [-0.25, -0.2) is 0 Å². The lowest BCUT2D eigenvalue weighted by Gasteiger charge is -2.06. The van der Waals surface area contributed by atoms with E-state index in [1.165, 1.54) is 18.4 Å². The first-order valence-corrected chi connectivity index (χ1v) is 6.98. The molecule has 94 valence electrons. The fourth-order valence-electron chi connectivity index (χ4n) is 1.61. The zero-order valence-electron chi connectivity index (χ0n) is 10.6. The summed E-state index contributed by atoms with van der Waals surface area (Å²) in [4.78, 5) is 11.6. The largest absolute Gasteiger partial charge is 0.326 e. The second-order valence-corrected chi connectivity index (χ2v) is 5.18. The first-order valence-electron chi connectivity index (χ1n) is 6.19. The Morgan fingerprint density at radius 1 is 1.29 bits per heavy atom. The molecule has 0 atom stereocenters. The number of anilines is 1. The summed E-state index contributed by atoms with van der Waals surface area (Å²) in [6.45, 7) is 4.20. The van der Waals surface area contributed by atoms with Crippen molar-refractivity contribution in [2.45, 2.75) is 46.0 Å². The van der Waals surface area contributed by atoms with Crippen LogP contribution in [0.15, 0.2) is 22.7 Å². The van der Waals surface area contributed by atoms with Gasteiger partial charge in [-0.05, 0) is 31.0 Å². The minimum absolute atomic E-state index is 0.108. The molecule has 0 heterocycles. The minimum atomic E-state index is 0.108. The molecule has 1 N–H and O–H groups in total. The van der Waals surface area contributed by atoms with Crippen LogP contribution in [0.25, 0.3) is 0 Å². The van der Waals surface area contributed by atoms with E-state index < -0.39 is 0 Å². The number of carbonyl (C=O) groups is 1. The maximum Gasteiger partial charge on any atom is 0.224 e. The van der Waals surface area contributed by atoms with Crippen LogP contribution in [0.2, 0.25) is 0 Å². The monoisotopic (exact) mass is 297 g/mol. The molecule has 0 saturated heterocycles. The molecule has 0 radical (unpaired) electrons. The first-order chi connectivity index (χ1) is 8.13. The highest BCUT2D eigenvalue weighted by molar-refractivity contribution is 9.10. The lowest BCUT2D eigenvalue weighted by Crippen LogP contribution is -2.11. The molecule has 0 aromatic heterocycles. The molecule has 0 bridgehead atoms. The summed E-state index contributed by atoms with van der Waals surface area (Å²) in [6, 6.07) is 5.88. The number of carbonyl (C=O) groups excluding carboxylic acids is 1. The van der Waals surface area contributed by atoms with Crippen molar-refractivity contribution < 1.29 is 4.79 Å². The van der Waals surface area contributed by atoms with Gasteiger partial charge in [-0.2, -0.15) is 0 Å². The molecule has 1 aromatic carbocycles. The number of unbranched alkanes of at least 4 members (excludes halogenated alkanes) is 3. The maximum atomic E-state index is 11.6. The van der Waals surface area contributed by atoms with Gasteiger partial charge in [-0.3, -0.25) is 4.79 Å². The second kappa shape index (κ2) is 7.49. The van der Waals surface area contributed by atoms with E-state index in [0.717, 1.165) is 23.0 Å². The summed E-state index contributed by atoms with van der Waals surface area (Å²) in [5.74, 6) is 0.108. The third-order valence-corrected chi connectivity index (χ3v) is 3.57. The minimum Gasteiger partial charge on any atom is -0.326 e. The number of hydrogen-bond acceptors (Lipinski definition) is 1. The van der Waals surface area contributed by atoms with Crippen LogP contribution < -0.4 is 5.32 Å². The third-order valence-electron chi connectivity index (χ3n) is 2.71. The fourth-order valence-corrected chi connectivity index (χ4v) is 1.99. The summed E-state index contributed by atoms with van der Waals surface area (Å²) in [5.41, 5.74) is 2.04. The van der Waals surface area contributed by atoms with Gasteiger partial charge in [0.15, 0.2) is 0 Å². The van der Waals surface area contributed by atoms with Crippen LogP contribution in [0.3, 0.4) is 0 Å². The quantitative estimate of drug-likeness (QED) is 0.760. The summed E-state index contributed by atoms with van der Waals surface area (Å²) < 4.78 is 1.03. The number of benzene rings is 1. The predicted octanol–water partition coefficient (Wildman–Crippen LogP) is 4.67. The van der Waals surface area contributed by atoms with E-state index >= 15 is 0 Å². The zero-order valence-corrected chi connectivity index (χ0v) is 12.1. The first kappa shape index (κ1) is 14.2. The van der Waals surface area contributed by atoms with Gasteiger partial charge >= 0.3 is 0 Å². The Kier molecular flexibility index (Phi) is 6.27. The Morgan fingerprint density at radius 3 is 2.71 bits per heavy atom. The predicted molar refractivity (Wildman–Crippen MR) is 76.3 cm³/mol. The Balaban J connectivity index is 2.37. The molecule has 2 nitrogen and oxygen atoms in total. The van der Waals surface area contributed by atoms with Crippen LogP contribution in [-0.2, 0) is 4.79 Å². The van der Waals surface area contributed by atoms with Crippen molar-refractivity contribution in [3.63, 3.8) is 0 Å². The lowest BCUT2D eigenvalue weighted by atomic mass is 10.1. The van der Waals surface area contributed by atoms with E-state index in [2.05, 4.69) is 28.2 Å². The molecular formula is C14H20BrNO. The van der Waals surface area contributed by atoms with Crippen molar-refractivity contribution in [2.75, 3.05) is 5.32 Å². The average Bonchev–Trinajstić information content (AvgIpc) is 2.30. The van der Waals surface area contributed by atoms with Gasteiger partial charge in [0, 0.05) is 16.6 Å². The molecule has 0 spiro atoms. The smallest absolute Gasteiger partial charge is 0.224 e. The maximum absolute atomic E-state index is 11.6. The van der Waals surface area contributed by atoms with Crippen molar-refractivity contribution in [3.05, 3.63) is 28.2 Å². The number of amides is 1. The van der Waals surface area contributed by atoms with E-state index in [1.54, 1.807) is 0 Å². The van der Waals surface area contributed by atoms with Gasteiger partial charge in [-0.1, -0.05) is 48.2 Å². The van der Waals surface area contributed by atoms with Crippen LogP contribution >= 0.6 is 15.9 Å². The molecule has 3 heteroatoms. The number of aryl methyl sites for hydroxylation is 1. The molecule has 0 unspecified atom stereocenters. The van der Waals surface area contributed by atoms with Crippen LogP contribution in [0.5, 0.6) is 0 Å². The van der Waals surface area contributed by atoms with Crippen molar-refractivity contribution in [1.82, 2.24) is 0 Å². The highest BCUT2D eigenvalue weighted by Crippen LogP contribution is 2.20. The van der Waals surface area contributed by atoms with Crippen molar-refractivity contribution in [3.8, 4) is 0 Å². The molecule has 0 fully saturated rings. The highest BCUT2D eigenvalue weighted by Gasteiger charge is 2.03. The Bertz CT molecular complexity index is 376. The second-order valence-electron chi connectivity index (χ2n) is 4.32. The topological polar surface area (TPSA) is 29.1 Å².